The van der Waals surface area contributed by atoms with Crippen molar-refractivity contribution in [1.82, 2.24) is 4.90 Å². The molecule has 1 aliphatic rings. The monoisotopic (exact) mass is 175 g/mol. The minimum Gasteiger partial charge on any atom is -0.396 e. The molecule has 4 nitrogen and oxygen atoms in total. The Hall–Kier alpha value is -0.160. The Labute approximate surface area is 73.1 Å². The van der Waals surface area contributed by atoms with Crippen LogP contribution in [0.25, 0.3) is 0 Å². The third-order valence-electron chi connectivity index (χ3n) is 1.97. The number of nitrogens with zero attached hydrogens (tertiary/aromatic N) is 1. The molecule has 1 N–H and O–H groups in total. The third kappa shape index (κ3) is 2.42. The van der Waals surface area contributed by atoms with Crippen LogP contribution in [0.2, 0.25) is 0 Å². The van der Waals surface area contributed by atoms with E-state index in [0.717, 1.165) is 6.54 Å². The van der Waals surface area contributed by atoms with Gasteiger partial charge in [-0.2, -0.15) is 0 Å². The molecule has 12 heavy (non-hydrogen) atoms. The topological polar surface area (TPSA) is 41.9 Å². The average molecular weight is 175 g/mol. The first-order valence-corrected chi connectivity index (χ1v) is 4.10. The molecule has 0 amide bonds. The van der Waals surface area contributed by atoms with Crippen LogP contribution in [-0.4, -0.2) is 57.3 Å². The molecule has 0 aromatic heterocycles. The number of aliphatic hydroxyl groups excluding tert-OH is 1. The summed E-state index contributed by atoms with van der Waals surface area (Å²) in [5, 5.41) is 9.20. The van der Waals surface area contributed by atoms with Crippen LogP contribution in [-0.2, 0) is 9.47 Å². The van der Waals surface area contributed by atoms with E-state index in [2.05, 4.69) is 0 Å². The molecule has 1 heterocycles. The minimum absolute atomic E-state index is 0.116. The normalized spacial score (nSPS) is 23.0. The van der Waals surface area contributed by atoms with Gasteiger partial charge < -0.3 is 19.5 Å². The Morgan fingerprint density at radius 2 is 1.92 bits per heavy atom. The summed E-state index contributed by atoms with van der Waals surface area (Å²) < 4.78 is 10.3. The number of aliphatic hydroxyl groups is 1. The van der Waals surface area contributed by atoms with Gasteiger partial charge in [0.1, 0.15) is 6.79 Å². The zero-order chi connectivity index (χ0) is 9.03. The highest BCUT2D eigenvalue weighted by Gasteiger charge is 2.33. The molecule has 1 rings (SSSR count). The molecule has 0 unspecified atom stereocenters. The Morgan fingerprint density at radius 3 is 2.33 bits per heavy atom. The van der Waals surface area contributed by atoms with E-state index in [1.54, 1.807) is 0 Å². The molecular formula is C8H17NO3. The summed E-state index contributed by atoms with van der Waals surface area (Å²) in [5.74, 6) is 0. The van der Waals surface area contributed by atoms with Gasteiger partial charge in [-0.3, -0.25) is 0 Å². The summed E-state index contributed by atoms with van der Waals surface area (Å²) in [7, 11) is 3.96. The fourth-order valence-corrected chi connectivity index (χ4v) is 1.52. The van der Waals surface area contributed by atoms with Crippen LogP contribution in [0.5, 0.6) is 0 Å². The lowest BCUT2D eigenvalue weighted by Crippen LogP contribution is -2.47. The molecule has 0 spiro atoms. The van der Waals surface area contributed by atoms with Crippen LogP contribution in [0.1, 0.15) is 0 Å². The number of hydrogen-bond donors (Lipinski definition) is 1. The van der Waals surface area contributed by atoms with Gasteiger partial charge in [0.15, 0.2) is 0 Å². The average Bonchev–Trinajstić information content (AvgIpc) is 2.05. The van der Waals surface area contributed by atoms with Crippen molar-refractivity contribution in [3.8, 4) is 0 Å². The van der Waals surface area contributed by atoms with Gasteiger partial charge in [-0.1, -0.05) is 0 Å². The molecule has 0 radical (unpaired) electrons. The smallest absolute Gasteiger partial charge is 0.146 e. The Morgan fingerprint density at radius 1 is 1.33 bits per heavy atom. The molecule has 1 saturated heterocycles. The predicted octanol–water partition coefficient (Wildman–Crippen LogP) is -0.469. The van der Waals surface area contributed by atoms with Crippen molar-refractivity contribution in [3.63, 3.8) is 0 Å². The summed E-state index contributed by atoms with van der Waals surface area (Å²) in [4.78, 5) is 2.04. The lowest BCUT2D eigenvalue weighted by atomic mass is 9.90. The largest absolute Gasteiger partial charge is 0.396 e. The lowest BCUT2D eigenvalue weighted by molar-refractivity contribution is -0.179. The lowest BCUT2D eigenvalue weighted by Gasteiger charge is -2.36. The van der Waals surface area contributed by atoms with Gasteiger partial charge in [0.05, 0.1) is 25.2 Å². The van der Waals surface area contributed by atoms with Crippen LogP contribution < -0.4 is 0 Å². The molecule has 0 atom stereocenters. The van der Waals surface area contributed by atoms with E-state index >= 15 is 0 Å². The Kier molecular flexibility index (Phi) is 3.46. The molecule has 1 fully saturated rings. The van der Waals surface area contributed by atoms with Crippen molar-refractivity contribution in [2.24, 2.45) is 5.41 Å². The van der Waals surface area contributed by atoms with E-state index in [0.29, 0.717) is 20.0 Å². The van der Waals surface area contributed by atoms with E-state index < -0.39 is 0 Å². The molecule has 72 valence electrons. The van der Waals surface area contributed by atoms with Crippen molar-refractivity contribution in [2.75, 3.05) is 47.3 Å². The second-order valence-corrected chi connectivity index (χ2v) is 3.71. The van der Waals surface area contributed by atoms with E-state index in [9.17, 15) is 5.11 Å². The summed E-state index contributed by atoms with van der Waals surface area (Å²) in [6.45, 7) is 2.44. The number of ether oxygens (including phenoxy) is 2. The SMILES string of the molecule is CN(C)CC1(CO)COCOC1. The number of rotatable bonds is 3. The third-order valence-corrected chi connectivity index (χ3v) is 1.97. The molecule has 0 aliphatic carbocycles. The summed E-state index contributed by atoms with van der Waals surface area (Å²) >= 11 is 0. The van der Waals surface area contributed by atoms with Gasteiger partial charge in [-0.05, 0) is 14.1 Å². The van der Waals surface area contributed by atoms with Crippen molar-refractivity contribution in [1.29, 1.82) is 0 Å². The minimum atomic E-state index is -0.220. The zero-order valence-corrected chi connectivity index (χ0v) is 7.75. The highest BCUT2D eigenvalue weighted by Crippen LogP contribution is 2.21. The quantitative estimate of drug-likeness (QED) is 0.629. The van der Waals surface area contributed by atoms with E-state index in [1.165, 1.54) is 0 Å². The van der Waals surface area contributed by atoms with Crippen LogP contribution >= 0.6 is 0 Å². The summed E-state index contributed by atoms with van der Waals surface area (Å²) in [5.41, 5.74) is -0.220. The first kappa shape index (κ1) is 9.92. The van der Waals surface area contributed by atoms with Gasteiger partial charge in [-0.25, -0.2) is 0 Å². The molecule has 0 saturated carbocycles. The second kappa shape index (κ2) is 4.18. The molecule has 0 aromatic rings. The molecule has 4 heteroatoms. The second-order valence-electron chi connectivity index (χ2n) is 3.71. The molecular weight excluding hydrogens is 158 g/mol. The van der Waals surface area contributed by atoms with Crippen LogP contribution in [0.15, 0.2) is 0 Å². The summed E-state index contributed by atoms with van der Waals surface area (Å²) in [6.07, 6.45) is 0. The zero-order valence-electron chi connectivity index (χ0n) is 7.75. The predicted molar refractivity (Wildman–Crippen MR) is 44.8 cm³/mol. The maximum atomic E-state index is 9.20. The molecule has 1 aliphatic heterocycles. The van der Waals surface area contributed by atoms with Gasteiger partial charge in [0.25, 0.3) is 0 Å². The first-order valence-electron chi connectivity index (χ1n) is 4.10. The van der Waals surface area contributed by atoms with Gasteiger partial charge >= 0.3 is 0 Å². The van der Waals surface area contributed by atoms with E-state index in [4.69, 9.17) is 9.47 Å². The van der Waals surface area contributed by atoms with Crippen molar-refractivity contribution < 1.29 is 14.6 Å². The fourth-order valence-electron chi connectivity index (χ4n) is 1.52. The maximum absolute atomic E-state index is 9.20. The van der Waals surface area contributed by atoms with E-state index in [1.807, 2.05) is 19.0 Å². The highest BCUT2D eigenvalue weighted by atomic mass is 16.7. The van der Waals surface area contributed by atoms with Crippen molar-refractivity contribution in [2.45, 2.75) is 0 Å². The standard InChI is InChI=1S/C8H17NO3/c1-9(2)3-8(4-10)5-11-7-12-6-8/h10H,3-7H2,1-2H3. The Balaban J connectivity index is 2.48. The van der Waals surface area contributed by atoms with Crippen LogP contribution in [0.4, 0.5) is 0 Å². The number of hydrogen-bond acceptors (Lipinski definition) is 4. The van der Waals surface area contributed by atoms with Crippen LogP contribution in [0, 0.1) is 5.41 Å². The van der Waals surface area contributed by atoms with Crippen LogP contribution in [0.3, 0.4) is 0 Å². The molecule has 0 bridgehead atoms. The summed E-state index contributed by atoms with van der Waals surface area (Å²) in [6, 6.07) is 0. The molecule has 0 aromatic carbocycles. The van der Waals surface area contributed by atoms with Gasteiger partial charge in [0.2, 0.25) is 0 Å². The van der Waals surface area contributed by atoms with Crippen molar-refractivity contribution in [3.05, 3.63) is 0 Å². The fraction of sp³-hybridized carbons (Fsp3) is 1.00. The van der Waals surface area contributed by atoms with E-state index in [-0.39, 0.29) is 12.0 Å². The van der Waals surface area contributed by atoms with Gasteiger partial charge in [-0.15, -0.1) is 0 Å². The van der Waals surface area contributed by atoms with Gasteiger partial charge in [0, 0.05) is 6.54 Å². The maximum Gasteiger partial charge on any atom is 0.146 e. The first-order chi connectivity index (χ1) is 5.68. The van der Waals surface area contributed by atoms with Crippen molar-refractivity contribution >= 4 is 0 Å². The highest BCUT2D eigenvalue weighted by molar-refractivity contribution is 4.82. The Bertz CT molecular complexity index is 132.